The lowest BCUT2D eigenvalue weighted by Gasteiger charge is -2.22. The largest absolute Gasteiger partial charge is 0.478 e. The maximum Gasteiger partial charge on any atom is 0.336 e. The zero-order valence-electron chi connectivity index (χ0n) is 19.5. The first-order chi connectivity index (χ1) is 16.4. The Hall–Kier alpha value is -3.90. The molecule has 0 aliphatic rings. The van der Waals surface area contributed by atoms with Crippen LogP contribution in [0.1, 0.15) is 11.1 Å². The summed E-state index contributed by atoms with van der Waals surface area (Å²) in [5.74, 6) is 0.198. The second-order valence-corrected chi connectivity index (χ2v) is 8.29. The summed E-state index contributed by atoms with van der Waals surface area (Å²) in [6.07, 6.45) is -0.845. The van der Waals surface area contributed by atoms with Crippen molar-refractivity contribution in [2.45, 2.75) is 19.6 Å². The van der Waals surface area contributed by atoms with E-state index in [2.05, 4.69) is 0 Å². The van der Waals surface area contributed by atoms with Gasteiger partial charge in [0.05, 0.1) is 13.2 Å². The van der Waals surface area contributed by atoms with Crippen LogP contribution in [0.3, 0.4) is 0 Å². The summed E-state index contributed by atoms with van der Waals surface area (Å²) in [4.78, 5) is 26.5. The predicted octanol–water partition coefficient (Wildman–Crippen LogP) is 4.82. The highest BCUT2D eigenvalue weighted by molar-refractivity contribution is 5.94. The average Bonchev–Trinajstić information content (AvgIpc) is 2.83. The van der Waals surface area contributed by atoms with Crippen molar-refractivity contribution in [3.8, 4) is 16.9 Å². The first-order valence-corrected chi connectivity index (χ1v) is 11.1. The lowest BCUT2D eigenvalue weighted by atomic mass is 9.98. The molecular formula is C28H27NO5. The fourth-order valence-corrected chi connectivity index (χ4v) is 3.78. The van der Waals surface area contributed by atoms with Crippen LogP contribution in [-0.2, 0) is 16.1 Å². The lowest BCUT2D eigenvalue weighted by Crippen LogP contribution is -2.40. The second kappa shape index (κ2) is 10.4. The molecule has 1 heterocycles. The minimum Gasteiger partial charge on any atom is -0.478 e. The lowest BCUT2D eigenvalue weighted by molar-refractivity contribution is -0.139. The van der Waals surface area contributed by atoms with Crippen LogP contribution < -0.4 is 10.4 Å². The van der Waals surface area contributed by atoms with E-state index in [0.717, 1.165) is 27.6 Å². The van der Waals surface area contributed by atoms with Gasteiger partial charge < -0.3 is 18.8 Å². The van der Waals surface area contributed by atoms with Gasteiger partial charge >= 0.3 is 5.63 Å². The van der Waals surface area contributed by atoms with Crippen molar-refractivity contribution in [3.63, 3.8) is 0 Å². The summed E-state index contributed by atoms with van der Waals surface area (Å²) in [6.45, 7) is 2.45. The van der Waals surface area contributed by atoms with E-state index in [0.29, 0.717) is 17.9 Å². The van der Waals surface area contributed by atoms with Crippen molar-refractivity contribution in [3.05, 3.63) is 100 Å². The predicted molar refractivity (Wildman–Crippen MR) is 132 cm³/mol. The number of aryl methyl sites for hydroxylation is 1. The Kier molecular flexibility index (Phi) is 7.09. The third-order valence-corrected chi connectivity index (χ3v) is 5.53. The molecule has 1 atom stereocenters. The van der Waals surface area contributed by atoms with Crippen LogP contribution in [0.4, 0.5) is 0 Å². The van der Waals surface area contributed by atoms with Crippen molar-refractivity contribution in [1.82, 2.24) is 4.90 Å². The number of fused-ring (bicyclic) bond motifs is 1. The summed E-state index contributed by atoms with van der Waals surface area (Å²) in [6, 6.07) is 24.4. The Bertz CT molecular complexity index is 1340. The van der Waals surface area contributed by atoms with Crippen molar-refractivity contribution in [1.29, 1.82) is 0 Å². The molecule has 4 rings (SSSR count). The molecule has 0 aliphatic heterocycles. The maximum atomic E-state index is 12.7. The number of hydrogen-bond donors (Lipinski definition) is 0. The summed E-state index contributed by atoms with van der Waals surface area (Å²) in [5.41, 5.74) is 3.77. The molecule has 34 heavy (non-hydrogen) atoms. The van der Waals surface area contributed by atoms with Crippen LogP contribution >= 0.6 is 0 Å². The van der Waals surface area contributed by atoms with Crippen LogP contribution in [0.25, 0.3) is 22.1 Å². The number of rotatable bonds is 8. The van der Waals surface area contributed by atoms with Crippen molar-refractivity contribution in [2.75, 3.05) is 20.7 Å². The Labute approximate surface area is 198 Å². The monoisotopic (exact) mass is 457 g/mol. The standard InChI is InChI=1S/C28H27NO5/c1-19-9-7-8-12-22(19)24-16-27(30)34-25-15-21(13-14-23(24)25)33-26(28(31)29(2)3)18-32-17-20-10-5-4-6-11-20/h4-16,26H,17-18H2,1-3H3/t26-/m1/s1. The first kappa shape index (κ1) is 23.3. The smallest absolute Gasteiger partial charge is 0.336 e. The molecule has 1 aromatic heterocycles. The zero-order chi connectivity index (χ0) is 24.1. The van der Waals surface area contributed by atoms with E-state index in [-0.39, 0.29) is 12.5 Å². The van der Waals surface area contributed by atoms with E-state index in [9.17, 15) is 9.59 Å². The van der Waals surface area contributed by atoms with Gasteiger partial charge in [-0.2, -0.15) is 0 Å². The molecule has 174 valence electrons. The quantitative estimate of drug-likeness (QED) is 0.355. The molecule has 4 aromatic rings. The Morgan fingerprint density at radius 3 is 2.41 bits per heavy atom. The molecule has 0 fully saturated rings. The van der Waals surface area contributed by atoms with E-state index < -0.39 is 11.7 Å². The molecule has 6 nitrogen and oxygen atoms in total. The van der Waals surface area contributed by atoms with Gasteiger partial charge in [0, 0.05) is 37.2 Å². The normalized spacial score (nSPS) is 11.9. The van der Waals surface area contributed by atoms with E-state index in [1.165, 1.54) is 11.0 Å². The summed E-state index contributed by atoms with van der Waals surface area (Å²) >= 11 is 0. The molecule has 0 spiro atoms. The van der Waals surface area contributed by atoms with Crippen molar-refractivity contribution >= 4 is 16.9 Å². The van der Waals surface area contributed by atoms with Gasteiger partial charge in [-0.1, -0.05) is 54.6 Å². The molecule has 0 radical (unpaired) electrons. The molecule has 0 unspecified atom stereocenters. The summed E-state index contributed by atoms with van der Waals surface area (Å²) in [5, 5.41) is 0.789. The molecule has 6 heteroatoms. The van der Waals surface area contributed by atoms with E-state index in [4.69, 9.17) is 13.9 Å². The van der Waals surface area contributed by atoms with Crippen LogP contribution in [0.5, 0.6) is 5.75 Å². The van der Waals surface area contributed by atoms with Gasteiger partial charge in [0.1, 0.15) is 11.3 Å². The fourth-order valence-electron chi connectivity index (χ4n) is 3.78. The number of carbonyl (C=O) groups is 1. The van der Waals surface area contributed by atoms with Crippen molar-refractivity contribution in [2.24, 2.45) is 0 Å². The van der Waals surface area contributed by atoms with Gasteiger partial charge in [0.15, 0.2) is 6.10 Å². The average molecular weight is 458 g/mol. The Morgan fingerprint density at radius 1 is 0.941 bits per heavy atom. The van der Waals surface area contributed by atoms with Gasteiger partial charge in [-0.3, -0.25) is 4.79 Å². The molecule has 3 aromatic carbocycles. The molecular weight excluding hydrogens is 430 g/mol. The number of benzene rings is 3. The molecule has 0 N–H and O–H groups in total. The van der Waals surface area contributed by atoms with Crippen LogP contribution in [0, 0.1) is 6.92 Å². The zero-order valence-corrected chi connectivity index (χ0v) is 19.5. The molecule has 0 aliphatic carbocycles. The number of carbonyl (C=O) groups excluding carboxylic acids is 1. The number of likely N-dealkylation sites (N-methyl/N-ethyl adjacent to an activating group) is 1. The third kappa shape index (κ3) is 5.35. The van der Waals surface area contributed by atoms with Crippen LogP contribution in [0.15, 0.2) is 88.1 Å². The third-order valence-electron chi connectivity index (χ3n) is 5.53. The van der Waals surface area contributed by atoms with Crippen molar-refractivity contribution < 1.29 is 18.7 Å². The topological polar surface area (TPSA) is 69.0 Å². The van der Waals surface area contributed by atoms with Crippen LogP contribution in [0.2, 0.25) is 0 Å². The van der Waals surface area contributed by atoms with Gasteiger partial charge in [0.2, 0.25) is 0 Å². The van der Waals surface area contributed by atoms with E-state index in [1.807, 2.05) is 67.6 Å². The minimum atomic E-state index is -0.845. The fraction of sp³-hybridized carbons (Fsp3) is 0.214. The first-order valence-electron chi connectivity index (χ1n) is 11.1. The highest BCUT2D eigenvalue weighted by Crippen LogP contribution is 2.31. The minimum absolute atomic E-state index is 0.0805. The molecule has 1 amide bonds. The second-order valence-electron chi connectivity index (χ2n) is 8.29. The van der Waals surface area contributed by atoms with Gasteiger partial charge in [-0.05, 0) is 35.7 Å². The highest BCUT2D eigenvalue weighted by atomic mass is 16.5. The number of nitrogens with zero attached hydrogens (tertiary/aromatic N) is 1. The molecule has 0 bridgehead atoms. The van der Waals surface area contributed by atoms with E-state index in [1.54, 1.807) is 26.2 Å². The summed E-state index contributed by atoms with van der Waals surface area (Å²) < 4.78 is 17.3. The number of hydrogen-bond acceptors (Lipinski definition) is 5. The van der Waals surface area contributed by atoms with Crippen LogP contribution in [-0.4, -0.2) is 37.6 Å². The van der Waals surface area contributed by atoms with Gasteiger partial charge in [-0.25, -0.2) is 4.79 Å². The van der Waals surface area contributed by atoms with Gasteiger partial charge in [-0.15, -0.1) is 0 Å². The van der Waals surface area contributed by atoms with E-state index >= 15 is 0 Å². The Morgan fingerprint density at radius 2 is 1.68 bits per heavy atom. The molecule has 0 saturated carbocycles. The SMILES string of the molecule is Cc1ccccc1-c1cc(=O)oc2cc(O[C@H](COCc3ccccc3)C(=O)N(C)C)ccc12. The van der Waals surface area contributed by atoms with Gasteiger partial charge in [0.25, 0.3) is 5.91 Å². The molecule has 0 saturated heterocycles. The maximum absolute atomic E-state index is 12.7. The summed E-state index contributed by atoms with van der Waals surface area (Å²) in [7, 11) is 3.34. The highest BCUT2D eigenvalue weighted by Gasteiger charge is 2.23. The Balaban J connectivity index is 1.60. The number of ether oxygens (including phenoxy) is 2. The number of amides is 1.